The molecule has 1 amide bonds. The molecule has 4 rings (SSSR count). The van der Waals surface area contributed by atoms with Gasteiger partial charge in [-0.25, -0.2) is 8.78 Å². The molecule has 1 aromatic heterocycles. The summed E-state index contributed by atoms with van der Waals surface area (Å²) in [7, 11) is 1.49. The number of methoxy groups -OCH3 is 1. The van der Waals surface area contributed by atoms with E-state index in [-0.39, 0.29) is 17.9 Å². The normalized spacial score (nSPS) is 16.1. The molecule has 176 valence electrons. The highest BCUT2D eigenvalue weighted by atomic mass is 19.3. The Hall–Kier alpha value is -3.95. The second-order valence-corrected chi connectivity index (χ2v) is 8.07. The molecule has 2 aromatic carbocycles. The van der Waals surface area contributed by atoms with Crippen LogP contribution in [-0.2, 0) is 21.9 Å². The lowest BCUT2D eigenvalue weighted by atomic mass is 9.93. The van der Waals surface area contributed by atoms with Gasteiger partial charge >= 0.3 is 0 Å². The van der Waals surface area contributed by atoms with E-state index < -0.39 is 23.5 Å². The van der Waals surface area contributed by atoms with Gasteiger partial charge in [-0.3, -0.25) is 9.59 Å². The second-order valence-electron chi connectivity index (χ2n) is 8.07. The van der Waals surface area contributed by atoms with Crippen LogP contribution in [0.15, 0.2) is 52.0 Å². The lowest BCUT2D eigenvalue weighted by Gasteiger charge is -2.16. The minimum Gasteiger partial charge on any atom is -0.496 e. The third-order valence-corrected chi connectivity index (χ3v) is 5.45. The standard InChI is InChI=1S/C24H22F2N4O4/c1-13-21(19(31)11-15-6-5-7-16(10-15)24(3,25)26)23(32)30(29-13)17-8-9-20(33-4)18(12-17)22-28-27-14(2)34-22/h5-10,12,21H,11H2,1-4H3. The van der Waals surface area contributed by atoms with Gasteiger partial charge in [0.2, 0.25) is 5.89 Å². The molecule has 0 spiro atoms. The Morgan fingerprint density at radius 1 is 1.18 bits per heavy atom. The number of alkyl halides is 2. The number of anilines is 1. The van der Waals surface area contributed by atoms with Crippen LogP contribution >= 0.6 is 0 Å². The number of aryl methyl sites for hydroxylation is 1. The molecule has 3 aromatic rings. The van der Waals surface area contributed by atoms with Crippen molar-refractivity contribution >= 4 is 23.1 Å². The smallest absolute Gasteiger partial charge is 0.270 e. The highest BCUT2D eigenvalue weighted by molar-refractivity contribution is 6.27. The summed E-state index contributed by atoms with van der Waals surface area (Å²) in [6.07, 6.45) is -0.170. The van der Waals surface area contributed by atoms with Crippen molar-refractivity contribution in [2.24, 2.45) is 11.0 Å². The zero-order chi connectivity index (χ0) is 24.6. The van der Waals surface area contributed by atoms with Gasteiger partial charge in [-0.1, -0.05) is 18.2 Å². The SMILES string of the molecule is COc1ccc(N2N=C(C)C(C(=O)Cc3cccc(C(C)(F)F)c3)C2=O)cc1-c1nnc(C)o1. The Bertz CT molecular complexity index is 1300. The molecule has 0 aliphatic carbocycles. The van der Waals surface area contributed by atoms with E-state index in [0.717, 1.165) is 11.9 Å². The molecule has 0 N–H and O–H groups in total. The first-order valence-corrected chi connectivity index (χ1v) is 10.5. The van der Waals surface area contributed by atoms with Crippen molar-refractivity contribution in [1.82, 2.24) is 10.2 Å². The van der Waals surface area contributed by atoms with Gasteiger partial charge in [0.05, 0.1) is 24.1 Å². The van der Waals surface area contributed by atoms with Gasteiger partial charge in [0.15, 0.2) is 5.78 Å². The Labute approximate surface area is 194 Å². The van der Waals surface area contributed by atoms with Crippen molar-refractivity contribution in [2.45, 2.75) is 33.1 Å². The molecule has 1 aliphatic heterocycles. The number of ether oxygens (including phenoxy) is 1. The van der Waals surface area contributed by atoms with Crippen molar-refractivity contribution < 1.29 is 27.5 Å². The number of carbonyl (C=O) groups is 2. The Kier molecular flexibility index (Phi) is 5.99. The van der Waals surface area contributed by atoms with Crippen molar-refractivity contribution in [1.29, 1.82) is 0 Å². The van der Waals surface area contributed by atoms with Gasteiger partial charge in [0.1, 0.15) is 11.7 Å². The predicted molar refractivity (Wildman–Crippen MR) is 120 cm³/mol. The summed E-state index contributed by atoms with van der Waals surface area (Å²) >= 11 is 0. The van der Waals surface area contributed by atoms with Crippen LogP contribution in [0.1, 0.15) is 30.9 Å². The monoisotopic (exact) mass is 468 g/mol. The maximum absolute atomic E-state index is 13.7. The minimum atomic E-state index is -3.03. The summed E-state index contributed by atoms with van der Waals surface area (Å²) in [5.74, 6) is -4.06. The number of hydrazone groups is 1. The molecule has 10 heteroatoms. The summed E-state index contributed by atoms with van der Waals surface area (Å²) in [5.41, 5.74) is 1.39. The molecule has 1 atom stereocenters. The van der Waals surface area contributed by atoms with Gasteiger partial charge in [-0.05, 0) is 36.8 Å². The predicted octanol–water partition coefficient (Wildman–Crippen LogP) is 4.32. The van der Waals surface area contributed by atoms with Crippen LogP contribution in [-0.4, -0.2) is 34.7 Å². The van der Waals surface area contributed by atoms with E-state index in [2.05, 4.69) is 15.3 Å². The van der Waals surface area contributed by atoms with Crippen molar-refractivity contribution in [3.05, 3.63) is 59.5 Å². The largest absolute Gasteiger partial charge is 0.496 e. The Balaban J connectivity index is 1.59. The summed E-state index contributed by atoms with van der Waals surface area (Å²) in [6, 6.07) is 10.5. The first-order chi connectivity index (χ1) is 16.1. The van der Waals surface area contributed by atoms with Crippen LogP contribution < -0.4 is 9.75 Å². The van der Waals surface area contributed by atoms with E-state index in [1.54, 1.807) is 38.1 Å². The number of hydrogen-bond acceptors (Lipinski definition) is 7. The number of aromatic nitrogens is 2. The fourth-order valence-corrected chi connectivity index (χ4v) is 3.78. The van der Waals surface area contributed by atoms with Crippen molar-refractivity contribution in [3.8, 4) is 17.2 Å². The number of amides is 1. The number of carbonyl (C=O) groups excluding carboxylic acids is 2. The Morgan fingerprint density at radius 3 is 2.59 bits per heavy atom. The Morgan fingerprint density at radius 2 is 1.94 bits per heavy atom. The van der Waals surface area contributed by atoms with Gasteiger partial charge in [0.25, 0.3) is 17.7 Å². The van der Waals surface area contributed by atoms with Gasteiger partial charge in [-0.2, -0.15) is 10.1 Å². The van der Waals surface area contributed by atoms with Crippen molar-refractivity contribution in [3.63, 3.8) is 0 Å². The van der Waals surface area contributed by atoms with E-state index in [1.165, 1.54) is 25.3 Å². The number of ketones is 1. The maximum atomic E-state index is 13.7. The molecule has 34 heavy (non-hydrogen) atoms. The molecule has 8 nitrogen and oxygen atoms in total. The quantitative estimate of drug-likeness (QED) is 0.479. The molecule has 2 heterocycles. The third kappa shape index (κ3) is 4.43. The molecule has 0 bridgehead atoms. The fourth-order valence-electron chi connectivity index (χ4n) is 3.78. The number of Topliss-reactive ketones (excluding diaryl/α,β-unsaturated/α-hetero) is 1. The second kappa shape index (κ2) is 8.77. The van der Waals surface area contributed by atoms with E-state index >= 15 is 0 Å². The highest BCUT2D eigenvalue weighted by Gasteiger charge is 2.39. The van der Waals surface area contributed by atoms with Crippen LogP contribution in [0.4, 0.5) is 14.5 Å². The molecule has 1 unspecified atom stereocenters. The summed E-state index contributed by atoms with van der Waals surface area (Å²) in [6.45, 7) is 4.03. The molecule has 0 saturated carbocycles. The van der Waals surface area contributed by atoms with E-state index in [9.17, 15) is 18.4 Å². The molecule has 0 saturated heterocycles. The van der Waals surface area contributed by atoms with E-state index in [4.69, 9.17) is 9.15 Å². The van der Waals surface area contributed by atoms with E-state index in [0.29, 0.717) is 34.2 Å². The third-order valence-electron chi connectivity index (χ3n) is 5.45. The van der Waals surface area contributed by atoms with Gasteiger partial charge in [-0.15, -0.1) is 10.2 Å². The molecule has 0 fully saturated rings. The van der Waals surface area contributed by atoms with Crippen molar-refractivity contribution in [2.75, 3.05) is 12.1 Å². The number of nitrogens with zero attached hydrogens (tertiary/aromatic N) is 4. The average Bonchev–Trinajstić information content (AvgIpc) is 3.35. The summed E-state index contributed by atoms with van der Waals surface area (Å²) < 4.78 is 38.2. The number of hydrogen-bond donors (Lipinski definition) is 0. The first kappa shape index (κ1) is 23.2. The molecular formula is C24H22F2N4O4. The lowest BCUT2D eigenvalue weighted by molar-refractivity contribution is -0.128. The fraction of sp³-hybridized carbons (Fsp3) is 0.292. The topological polar surface area (TPSA) is 97.9 Å². The number of benzene rings is 2. The highest BCUT2D eigenvalue weighted by Crippen LogP contribution is 2.35. The first-order valence-electron chi connectivity index (χ1n) is 10.5. The zero-order valence-corrected chi connectivity index (χ0v) is 19.0. The van der Waals surface area contributed by atoms with Gasteiger partial charge < -0.3 is 9.15 Å². The van der Waals surface area contributed by atoms with E-state index in [1.807, 2.05) is 0 Å². The van der Waals surface area contributed by atoms with Gasteiger partial charge in [0, 0.05) is 25.8 Å². The number of rotatable bonds is 7. The molecular weight excluding hydrogens is 446 g/mol. The zero-order valence-electron chi connectivity index (χ0n) is 19.0. The molecule has 0 radical (unpaired) electrons. The summed E-state index contributed by atoms with van der Waals surface area (Å²) in [4.78, 5) is 26.2. The number of halogens is 2. The maximum Gasteiger partial charge on any atom is 0.270 e. The van der Waals surface area contributed by atoms with Crippen LogP contribution in [0.5, 0.6) is 5.75 Å². The minimum absolute atomic E-state index is 0.170. The molecule has 1 aliphatic rings. The van der Waals surface area contributed by atoms with Crippen LogP contribution in [0.3, 0.4) is 0 Å². The van der Waals surface area contributed by atoms with Crippen LogP contribution in [0.25, 0.3) is 11.5 Å². The summed E-state index contributed by atoms with van der Waals surface area (Å²) in [5, 5.41) is 13.2. The lowest BCUT2D eigenvalue weighted by Crippen LogP contribution is -2.33. The average molecular weight is 468 g/mol. The van der Waals surface area contributed by atoms with Crippen LogP contribution in [0.2, 0.25) is 0 Å². The van der Waals surface area contributed by atoms with Crippen LogP contribution in [0, 0.1) is 12.8 Å².